The Bertz CT molecular complexity index is 692. The Morgan fingerprint density at radius 1 is 1.26 bits per heavy atom. The van der Waals surface area contributed by atoms with E-state index >= 15 is 0 Å². The van der Waals surface area contributed by atoms with Crippen molar-refractivity contribution >= 4 is 0 Å². The molecule has 0 amide bonds. The number of aromatic nitrogens is 1. The number of benzene rings is 1. The molecule has 0 radical (unpaired) electrons. The predicted octanol–water partition coefficient (Wildman–Crippen LogP) is 2.74. The number of pyridine rings is 1. The second kappa shape index (κ2) is 4.99. The summed E-state index contributed by atoms with van der Waals surface area (Å²) >= 11 is 0. The first-order valence-corrected chi connectivity index (χ1v) is 5.99. The minimum Gasteiger partial charge on any atom is -0.508 e. The van der Waals surface area contributed by atoms with Crippen molar-refractivity contribution in [1.29, 1.82) is 5.26 Å². The molecule has 96 valence electrons. The highest BCUT2D eigenvalue weighted by Gasteiger charge is 2.16. The summed E-state index contributed by atoms with van der Waals surface area (Å²) in [4.78, 5) is 14.4. The van der Waals surface area contributed by atoms with Gasteiger partial charge >= 0.3 is 0 Å². The van der Waals surface area contributed by atoms with E-state index < -0.39 is 5.56 Å². The molecule has 0 saturated carbocycles. The molecule has 4 nitrogen and oxygen atoms in total. The maximum atomic E-state index is 11.8. The summed E-state index contributed by atoms with van der Waals surface area (Å²) in [7, 11) is 0. The molecule has 1 aromatic carbocycles. The zero-order chi connectivity index (χ0) is 14.0. The third kappa shape index (κ3) is 2.36. The minimum absolute atomic E-state index is 0.108. The fourth-order valence-corrected chi connectivity index (χ4v) is 2.05. The largest absolute Gasteiger partial charge is 0.508 e. The number of phenols is 1. The molecule has 0 bridgehead atoms. The summed E-state index contributed by atoms with van der Waals surface area (Å²) in [6.45, 7) is 4.00. The van der Waals surface area contributed by atoms with Crippen molar-refractivity contribution < 1.29 is 5.11 Å². The zero-order valence-electron chi connectivity index (χ0n) is 10.8. The van der Waals surface area contributed by atoms with E-state index in [9.17, 15) is 15.2 Å². The van der Waals surface area contributed by atoms with Gasteiger partial charge in [0.2, 0.25) is 0 Å². The number of phenolic OH excluding ortho intramolecular Hbond substituents is 1. The maximum Gasteiger partial charge on any atom is 0.266 e. The van der Waals surface area contributed by atoms with Crippen LogP contribution in [-0.4, -0.2) is 10.1 Å². The number of H-pyrrole nitrogens is 1. The van der Waals surface area contributed by atoms with Crippen molar-refractivity contribution in [2.24, 2.45) is 0 Å². The molecule has 0 saturated heterocycles. The second-order valence-corrected chi connectivity index (χ2v) is 4.64. The number of rotatable bonds is 2. The summed E-state index contributed by atoms with van der Waals surface area (Å²) in [5.41, 5.74) is 2.01. The highest BCUT2D eigenvalue weighted by Crippen LogP contribution is 2.30. The molecular formula is C15H14N2O2. The van der Waals surface area contributed by atoms with Crippen LogP contribution in [0, 0.1) is 11.3 Å². The standard InChI is InChI=1S/C15H14N2O2/c1-9(2)13-8-17-15(19)12(7-16)14(13)10-3-5-11(18)6-4-10/h3-6,8-9,18H,1-2H3,(H,17,19). The van der Waals surface area contributed by atoms with Crippen LogP contribution < -0.4 is 5.56 Å². The molecule has 2 aromatic rings. The number of aromatic amines is 1. The summed E-state index contributed by atoms with van der Waals surface area (Å²) in [6.07, 6.45) is 1.65. The van der Waals surface area contributed by atoms with Crippen LogP contribution >= 0.6 is 0 Å². The van der Waals surface area contributed by atoms with Crippen LogP contribution in [0.1, 0.15) is 30.9 Å². The Morgan fingerprint density at radius 3 is 2.42 bits per heavy atom. The molecule has 1 heterocycles. The first-order valence-electron chi connectivity index (χ1n) is 5.99. The number of nitriles is 1. The smallest absolute Gasteiger partial charge is 0.266 e. The lowest BCUT2D eigenvalue weighted by Crippen LogP contribution is -2.13. The molecule has 4 heteroatoms. The van der Waals surface area contributed by atoms with Crippen LogP contribution in [0.2, 0.25) is 0 Å². The normalized spacial score (nSPS) is 10.4. The Hall–Kier alpha value is -2.54. The lowest BCUT2D eigenvalue weighted by atomic mass is 9.91. The summed E-state index contributed by atoms with van der Waals surface area (Å²) in [6, 6.07) is 8.46. The van der Waals surface area contributed by atoms with Gasteiger partial charge < -0.3 is 10.1 Å². The van der Waals surface area contributed by atoms with Gasteiger partial charge in [-0.25, -0.2) is 0 Å². The van der Waals surface area contributed by atoms with E-state index in [1.165, 1.54) is 0 Å². The van der Waals surface area contributed by atoms with Gasteiger partial charge in [-0.1, -0.05) is 26.0 Å². The number of nitrogens with zero attached hydrogens (tertiary/aromatic N) is 1. The Kier molecular flexibility index (Phi) is 3.39. The topological polar surface area (TPSA) is 76.9 Å². The molecule has 0 aliphatic carbocycles. The van der Waals surface area contributed by atoms with Gasteiger partial charge in [-0.3, -0.25) is 4.79 Å². The first kappa shape index (κ1) is 12.9. The van der Waals surface area contributed by atoms with Crippen LogP contribution in [0.25, 0.3) is 11.1 Å². The van der Waals surface area contributed by atoms with E-state index in [-0.39, 0.29) is 17.2 Å². The van der Waals surface area contributed by atoms with Crippen molar-refractivity contribution in [1.82, 2.24) is 4.98 Å². The van der Waals surface area contributed by atoms with E-state index in [1.54, 1.807) is 30.5 Å². The predicted molar refractivity (Wildman–Crippen MR) is 73.0 cm³/mol. The van der Waals surface area contributed by atoms with Crippen molar-refractivity contribution in [3.63, 3.8) is 0 Å². The number of aromatic hydroxyl groups is 1. The highest BCUT2D eigenvalue weighted by molar-refractivity contribution is 5.74. The van der Waals surface area contributed by atoms with Crippen molar-refractivity contribution in [2.45, 2.75) is 19.8 Å². The summed E-state index contributed by atoms with van der Waals surface area (Å²) < 4.78 is 0. The zero-order valence-corrected chi connectivity index (χ0v) is 10.8. The third-order valence-electron chi connectivity index (χ3n) is 3.01. The van der Waals surface area contributed by atoms with E-state index in [1.807, 2.05) is 19.9 Å². The lowest BCUT2D eigenvalue weighted by Gasteiger charge is -2.13. The Balaban J connectivity index is 2.79. The van der Waals surface area contributed by atoms with Gasteiger partial charge in [0.05, 0.1) is 0 Å². The summed E-state index contributed by atoms with van der Waals surface area (Å²) in [5, 5.41) is 18.5. The van der Waals surface area contributed by atoms with Gasteiger partial charge in [-0.05, 0) is 29.2 Å². The fraction of sp³-hybridized carbons (Fsp3) is 0.200. The van der Waals surface area contributed by atoms with Gasteiger partial charge in [-0.2, -0.15) is 5.26 Å². The number of hydrogen-bond donors (Lipinski definition) is 2. The number of nitrogens with one attached hydrogen (secondary N) is 1. The van der Waals surface area contributed by atoms with Crippen LogP contribution in [0.5, 0.6) is 5.75 Å². The van der Waals surface area contributed by atoms with Crippen LogP contribution in [0.15, 0.2) is 35.3 Å². The average molecular weight is 254 g/mol. The van der Waals surface area contributed by atoms with Crippen LogP contribution in [0.4, 0.5) is 0 Å². The van der Waals surface area contributed by atoms with Gasteiger partial charge in [0.15, 0.2) is 0 Å². The number of hydrogen-bond acceptors (Lipinski definition) is 3. The highest BCUT2D eigenvalue weighted by atomic mass is 16.3. The van der Waals surface area contributed by atoms with Gasteiger partial charge in [0.1, 0.15) is 17.4 Å². The monoisotopic (exact) mass is 254 g/mol. The van der Waals surface area contributed by atoms with E-state index in [2.05, 4.69) is 4.98 Å². The molecule has 0 fully saturated rings. The van der Waals surface area contributed by atoms with Crippen molar-refractivity contribution in [3.8, 4) is 22.9 Å². The lowest BCUT2D eigenvalue weighted by molar-refractivity contribution is 0.475. The molecule has 2 rings (SSSR count). The molecular weight excluding hydrogens is 240 g/mol. The summed E-state index contributed by atoms with van der Waals surface area (Å²) in [5.74, 6) is 0.325. The SMILES string of the molecule is CC(C)c1c[nH]c(=O)c(C#N)c1-c1ccc(O)cc1. The van der Waals surface area contributed by atoms with Crippen molar-refractivity contribution in [2.75, 3.05) is 0 Å². The van der Waals surface area contributed by atoms with E-state index in [0.29, 0.717) is 5.56 Å². The van der Waals surface area contributed by atoms with Crippen LogP contribution in [0.3, 0.4) is 0 Å². The van der Waals surface area contributed by atoms with Gasteiger partial charge in [0.25, 0.3) is 5.56 Å². The molecule has 0 aliphatic rings. The molecule has 0 atom stereocenters. The first-order chi connectivity index (χ1) is 9.04. The van der Waals surface area contributed by atoms with E-state index in [0.717, 1.165) is 11.1 Å². The fourth-order valence-electron chi connectivity index (χ4n) is 2.05. The molecule has 0 aliphatic heterocycles. The van der Waals surface area contributed by atoms with Crippen LogP contribution in [-0.2, 0) is 0 Å². The molecule has 1 aromatic heterocycles. The van der Waals surface area contributed by atoms with Gasteiger partial charge in [0, 0.05) is 11.8 Å². The van der Waals surface area contributed by atoms with E-state index in [4.69, 9.17) is 0 Å². The Labute approximate surface area is 111 Å². The average Bonchev–Trinajstić information content (AvgIpc) is 2.39. The van der Waals surface area contributed by atoms with Gasteiger partial charge in [-0.15, -0.1) is 0 Å². The molecule has 0 unspecified atom stereocenters. The molecule has 19 heavy (non-hydrogen) atoms. The minimum atomic E-state index is -0.394. The molecule has 2 N–H and O–H groups in total. The van der Waals surface area contributed by atoms with Crippen molar-refractivity contribution in [3.05, 3.63) is 51.9 Å². The Morgan fingerprint density at radius 2 is 1.89 bits per heavy atom. The second-order valence-electron chi connectivity index (χ2n) is 4.64. The maximum absolute atomic E-state index is 11.8. The molecule has 0 spiro atoms. The third-order valence-corrected chi connectivity index (χ3v) is 3.01. The quantitative estimate of drug-likeness (QED) is 0.865.